The molecule has 0 saturated carbocycles. The van der Waals surface area contributed by atoms with Gasteiger partial charge in [-0.25, -0.2) is 9.78 Å². The van der Waals surface area contributed by atoms with Gasteiger partial charge in [0.1, 0.15) is 11.6 Å². The van der Waals surface area contributed by atoms with E-state index in [0.717, 1.165) is 23.3 Å². The molecule has 0 bridgehead atoms. The summed E-state index contributed by atoms with van der Waals surface area (Å²) in [5, 5.41) is 5.55. The number of carbonyl (C=O) groups is 1. The van der Waals surface area contributed by atoms with Crippen molar-refractivity contribution >= 4 is 11.8 Å². The second-order valence-electron chi connectivity index (χ2n) is 4.65. The largest absolute Gasteiger partial charge is 0.497 e. The van der Waals surface area contributed by atoms with Crippen molar-refractivity contribution in [1.82, 2.24) is 10.3 Å². The summed E-state index contributed by atoms with van der Waals surface area (Å²) < 4.78 is 5.17. The molecule has 5 nitrogen and oxygen atoms in total. The number of anilines is 1. The smallest absolute Gasteiger partial charge is 0.320 e. The Morgan fingerprint density at radius 2 is 2.14 bits per heavy atom. The first-order valence-electron chi connectivity index (χ1n) is 6.78. The van der Waals surface area contributed by atoms with Crippen LogP contribution >= 0.6 is 0 Å². The zero-order chi connectivity index (χ0) is 15.1. The summed E-state index contributed by atoms with van der Waals surface area (Å²) in [7, 11) is 1.64. The Labute approximate surface area is 124 Å². The highest BCUT2D eigenvalue weighted by Gasteiger charge is 2.04. The first-order chi connectivity index (χ1) is 10.2. The molecule has 2 amide bonds. The zero-order valence-electron chi connectivity index (χ0n) is 12.2. The van der Waals surface area contributed by atoms with Crippen LogP contribution in [0.15, 0.2) is 42.6 Å². The molecule has 0 spiro atoms. The summed E-state index contributed by atoms with van der Waals surface area (Å²) in [6.45, 7) is 2.45. The molecule has 1 aromatic heterocycles. The molecule has 0 atom stereocenters. The van der Waals surface area contributed by atoms with Crippen LogP contribution in [0.25, 0.3) is 0 Å². The van der Waals surface area contributed by atoms with Gasteiger partial charge in [0, 0.05) is 12.7 Å². The molecule has 2 aromatic rings. The van der Waals surface area contributed by atoms with Crippen LogP contribution in [0.3, 0.4) is 0 Å². The topological polar surface area (TPSA) is 63.2 Å². The Hall–Kier alpha value is -2.56. The number of nitrogens with one attached hydrogen (secondary N) is 2. The lowest BCUT2D eigenvalue weighted by atomic mass is 10.1. The summed E-state index contributed by atoms with van der Waals surface area (Å²) in [5.41, 5.74) is 2.05. The number of aryl methyl sites for hydroxylation is 1. The van der Waals surface area contributed by atoms with Gasteiger partial charge >= 0.3 is 6.03 Å². The van der Waals surface area contributed by atoms with Crippen LogP contribution in [-0.2, 0) is 6.42 Å². The number of methoxy groups -OCH3 is 1. The molecular weight excluding hydrogens is 266 g/mol. The summed E-state index contributed by atoms with van der Waals surface area (Å²) >= 11 is 0. The molecular formula is C16H19N3O2. The van der Waals surface area contributed by atoms with Crippen LogP contribution in [0.5, 0.6) is 5.75 Å². The number of urea groups is 1. The van der Waals surface area contributed by atoms with Gasteiger partial charge in [-0.1, -0.05) is 18.2 Å². The van der Waals surface area contributed by atoms with E-state index in [-0.39, 0.29) is 6.03 Å². The summed E-state index contributed by atoms with van der Waals surface area (Å²) in [4.78, 5) is 15.9. The van der Waals surface area contributed by atoms with E-state index in [4.69, 9.17) is 4.74 Å². The van der Waals surface area contributed by atoms with Crippen molar-refractivity contribution < 1.29 is 9.53 Å². The minimum absolute atomic E-state index is 0.250. The van der Waals surface area contributed by atoms with Gasteiger partial charge in [-0.15, -0.1) is 0 Å². The third-order valence-electron chi connectivity index (χ3n) is 3.07. The maximum atomic E-state index is 11.8. The first kappa shape index (κ1) is 14.8. The average molecular weight is 285 g/mol. The van der Waals surface area contributed by atoms with E-state index in [1.165, 1.54) is 0 Å². The van der Waals surface area contributed by atoms with E-state index in [9.17, 15) is 4.79 Å². The minimum Gasteiger partial charge on any atom is -0.497 e. The number of rotatable bonds is 5. The Morgan fingerprint density at radius 1 is 1.29 bits per heavy atom. The van der Waals surface area contributed by atoms with E-state index in [2.05, 4.69) is 15.6 Å². The second-order valence-corrected chi connectivity index (χ2v) is 4.65. The van der Waals surface area contributed by atoms with Gasteiger partial charge in [0.25, 0.3) is 0 Å². The molecule has 1 aromatic carbocycles. The van der Waals surface area contributed by atoms with Gasteiger partial charge in [0.15, 0.2) is 0 Å². The lowest BCUT2D eigenvalue weighted by molar-refractivity contribution is 0.252. The number of aromatic nitrogens is 1. The van der Waals surface area contributed by atoms with Crippen molar-refractivity contribution in [3.63, 3.8) is 0 Å². The third-order valence-corrected chi connectivity index (χ3v) is 3.07. The number of ether oxygens (including phenoxy) is 1. The normalized spacial score (nSPS) is 10.0. The van der Waals surface area contributed by atoms with Crippen LogP contribution in [0.2, 0.25) is 0 Å². The predicted molar refractivity (Wildman–Crippen MR) is 82.7 cm³/mol. The van der Waals surface area contributed by atoms with Gasteiger partial charge in [-0.2, -0.15) is 0 Å². The number of pyridine rings is 1. The molecule has 0 aliphatic rings. The Bertz CT molecular complexity index is 614. The van der Waals surface area contributed by atoms with Crippen molar-refractivity contribution in [2.75, 3.05) is 19.0 Å². The molecule has 2 rings (SSSR count). The van der Waals surface area contributed by atoms with Crippen molar-refractivity contribution in [2.45, 2.75) is 13.3 Å². The van der Waals surface area contributed by atoms with Gasteiger partial charge in [-0.05, 0) is 42.7 Å². The lowest BCUT2D eigenvalue weighted by Crippen LogP contribution is -2.31. The highest BCUT2D eigenvalue weighted by atomic mass is 16.5. The molecule has 0 aliphatic heterocycles. The van der Waals surface area contributed by atoms with Crippen LogP contribution in [0, 0.1) is 6.92 Å². The van der Waals surface area contributed by atoms with Crippen LogP contribution in [-0.4, -0.2) is 24.7 Å². The molecule has 0 aliphatic carbocycles. The van der Waals surface area contributed by atoms with E-state index >= 15 is 0 Å². The zero-order valence-corrected chi connectivity index (χ0v) is 12.2. The van der Waals surface area contributed by atoms with E-state index in [1.807, 2.05) is 43.3 Å². The van der Waals surface area contributed by atoms with E-state index < -0.39 is 0 Å². The molecule has 0 fully saturated rings. The van der Waals surface area contributed by atoms with Crippen molar-refractivity contribution in [1.29, 1.82) is 0 Å². The van der Waals surface area contributed by atoms with E-state index in [1.54, 1.807) is 13.3 Å². The SMILES string of the molecule is COc1cccc(CCNC(=O)Nc2ncccc2C)c1. The van der Waals surface area contributed by atoms with Crippen molar-refractivity contribution in [3.8, 4) is 5.75 Å². The van der Waals surface area contributed by atoms with Gasteiger partial charge < -0.3 is 10.1 Å². The fourth-order valence-electron chi connectivity index (χ4n) is 1.92. The number of amides is 2. The summed E-state index contributed by atoms with van der Waals surface area (Å²) in [5.74, 6) is 1.40. The second kappa shape index (κ2) is 7.28. The highest BCUT2D eigenvalue weighted by Crippen LogP contribution is 2.12. The fourth-order valence-corrected chi connectivity index (χ4v) is 1.92. The number of carbonyl (C=O) groups excluding carboxylic acids is 1. The van der Waals surface area contributed by atoms with E-state index in [0.29, 0.717) is 12.4 Å². The van der Waals surface area contributed by atoms with Gasteiger partial charge in [0.2, 0.25) is 0 Å². The van der Waals surface area contributed by atoms with Crippen LogP contribution in [0.1, 0.15) is 11.1 Å². The standard InChI is InChI=1S/C16H19N3O2/c1-12-5-4-9-17-15(12)19-16(20)18-10-8-13-6-3-7-14(11-13)21-2/h3-7,9,11H,8,10H2,1-2H3,(H2,17,18,19,20). The maximum Gasteiger partial charge on any atom is 0.320 e. The van der Waals surface area contributed by atoms with Gasteiger partial charge in [-0.3, -0.25) is 5.32 Å². The number of benzene rings is 1. The predicted octanol–water partition coefficient (Wildman–Crippen LogP) is 2.76. The highest BCUT2D eigenvalue weighted by molar-refractivity contribution is 5.88. The van der Waals surface area contributed by atoms with Crippen molar-refractivity contribution in [2.24, 2.45) is 0 Å². The molecule has 5 heteroatoms. The lowest BCUT2D eigenvalue weighted by Gasteiger charge is -2.09. The van der Waals surface area contributed by atoms with Crippen molar-refractivity contribution in [3.05, 3.63) is 53.7 Å². The molecule has 2 N–H and O–H groups in total. The number of hydrogen-bond acceptors (Lipinski definition) is 3. The van der Waals surface area contributed by atoms with Crippen LogP contribution in [0.4, 0.5) is 10.6 Å². The third kappa shape index (κ3) is 4.49. The fraction of sp³-hybridized carbons (Fsp3) is 0.250. The number of hydrogen-bond donors (Lipinski definition) is 2. The molecule has 1 heterocycles. The van der Waals surface area contributed by atoms with Gasteiger partial charge in [0.05, 0.1) is 7.11 Å². The minimum atomic E-state index is -0.250. The van der Waals surface area contributed by atoms with Crippen LogP contribution < -0.4 is 15.4 Å². The monoisotopic (exact) mass is 285 g/mol. The Kier molecular flexibility index (Phi) is 5.15. The Morgan fingerprint density at radius 3 is 2.90 bits per heavy atom. The quantitative estimate of drug-likeness (QED) is 0.888. The number of nitrogens with zero attached hydrogens (tertiary/aromatic N) is 1. The molecule has 0 saturated heterocycles. The Balaban J connectivity index is 1.80. The summed E-state index contributed by atoms with van der Waals surface area (Å²) in [6, 6.07) is 11.3. The molecule has 0 radical (unpaired) electrons. The molecule has 110 valence electrons. The first-order valence-corrected chi connectivity index (χ1v) is 6.78. The maximum absolute atomic E-state index is 11.8. The molecule has 21 heavy (non-hydrogen) atoms. The molecule has 0 unspecified atom stereocenters. The average Bonchev–Trinajstić information content (AvgIpc) is 2.50. The summed E-state index contributed by atoms with van der Waals surface area (Å²) in [6.07, 6.45) is 2.39.